The van der Waals surface area contributed by atoms with Crippen molar-refractivity contribution in [2.75, 3.05) is 39.6 Å². The molecule has 0 fully saturated rings. The average molecular weight is 361 g/mol. The highest BCUT2D eigenvalue weighted by Gasteiger charge is 2.22. The first-order valence-corrected chi connectivity index (χ1v) is 8.05. The summed E-state index contributed by atoms with van der Waals surface area (Å²) in [4.78, 5) is 12.7. The molecule has 2 aromatic heterocycles. The predicted octanol–water partition coefficient (Wildman–Crippen LogP) is 0.652. The predicted molar refractivity (Wildman–Crippen MR) is 87.4 cm³/mol. The molecule has 134 valence electrons. The standard InChI is InChI=1S/C11H15N5O2.CH4O4S/c1-14(2)8-6-12-11-10(16(17)18)9-5-3-4-7-15(9)13-11;1-5-6(2,3)4/h3-5,7H,6,8H2,1-2H3,(H,12,13);1H3,(H,2,3,4). The van der Waals surface area contributed by atoms with Crippen molar-refractivity contribution in [3.63, 3.8) is 0 Å². The summed E-state index contributed by atoms with van der Waals surface area (Å²) in [6.07, 6.45) is 1.69. The van der Waals surface area contributed by atoms with E-state index in [1.165, 1.54) is 4.52 Å². The van der Waals surface area contributed by atoms with Gasteiger partial charge in [-0.2, -0.15) is 8.42 Å². The van der Waals surface area contributed by atoms with Crippen LogP contribution >= 0.6 is 0 Å². The van der Waals surface area contributed by atoms with Gasteiger partial charge in [0.25, 0.3) is 0 Å². The van der Waals surface area contributed by atoms with Crippen LogP contribution in [0.25, 0.3) is 5.52 Å². The number of hydrogen-bond donors (Lipinski definition) is 2. The summed E-state index contributed by atoms with van der Waals surface area (Å²) >= 11 is 0. The lowest BCUT2D eigenvalue weighted by molar-refractivity contribution is -0.382. The van der Waals surface area contributed by atoms with Crippen LogP contribution in [0.1, 0.15) is 0 Å². The number of nitro groups is 1. The van der Waals surface area contributed by atoms with E-state index in [0.717, 1.165) is 13.7 Å². The van der Waals surface area contributed by atoms with Crippen molar-refractivity contribution in [1.82, 2.24) is 14.5 Å². The third-order valence-electron chi connectivity index (χ3n) is 2.76. The largest absolute Gasteiger partial charge is 0.397 e. The lowest BCUT2D eigenvalue weighted by Crippen LogP contribution is -2.21. The highest BCUT2D eigenvalue weighted by molar-refractivity contribution is 7.80. The van der Waals surface area contributed by atoms with E-state index in [1.807, 2.05) is 19.0 Å². The number of pyridine rings is 1. The van der Waals surface area contributed by atoms with Gasteiger partial charge in [0.05, 0.1) is 12.0 Å². The van der Waals surface area contributed by atoms with Gasteiger partial charge in [0.1, 0.15) is 5.52 Å². The quantitative estimate of drug-likeness (QED) is 0.431. The molecule has 2 rings (SSSR count). The number of fused-ring (bicyclic) bond motifs is 1. The molecule has 0 aromatic carbocycles. The SMILES string of the molecule is CN(C)CCNc1nn2ccccc2c1[N+](=O)[O-].COS(=O)(=O)O. The van der Waals surface area contributed by atoms with Crippen LogP contribution in [0.15, 0.2) is 24.4 Å². The van der Waals surface area contributed by atoms with Crippen LogP contribution in [0.4, 0.5) is 11.5 Å². The Kier molecular flexibility index (Phi) is 7.03. The van der Waals surface area contributed by atoms with Gasteiger partial charge in [-0.25, -0.2) is 4.52 Å². The van der Waals surface area contributed by atoms with E-state index in [2.05, 4.69) is 14.6 Å². The number of nitrogens with zero attached hydrogens (tertiary/aromatic N) is 4. The minimum atomic E-state index is -4.16. The molecule has 0 aliphatic heterocycles. The van der Waals surface area contributed by atoms with E-state index < -0.39 is 15.3 Å². The summed E-state index contributed by atoms with van der Waals surface area (Å²) < 4.78 is 31.2. The highest BCUT2D eigenvalue weighted by Crippen LogP contribution is 2.28. The van der Waals surface area contributed by atoms with Gasteiger partial charge in [-0.15, -0.1) is 5.10 Å². The van der Waals surface area contributed by atoms with Gasteiger partial charge in [0.2, 0.25) is 5.82 Å². The zero-order valence-corrected chi connectivity index (χ0v) is 14.2. The van der Waals surface area contributed by atoms with Gasteiger partial charge in [-0.1, -0.05) is 6.07 Å². The number of hydrogen-bond acceptors (Lipinski definition) is 8. The third kappa shape index (κ3) is 6.08. The molecule has 0 saturated carbocycles. The molecule has 0 radical (unpaired) electrons. The lowest BCUT2D eigenvalue weighted by atomic mass is 10.3. The first kappa shape index (κ1) is 19.8. The molecule has 2 aromatic rings. The zero-order valence-electron chi connectivity index (χ0n) is 13.4. The monoisotopic (exact) mass is 361 g/mol. The van der Waals surface area contributed by atoms with Gasteiger partial charge in [0.15, 0.2) is 0 Å². The smallest absolute Gasteiger partial charge is 0.362 e. The van der Waals surface area contributed by atoms with Crippen molar-refractivity contribution in [2.45, 2.75) is 0 Å². The number of aromatic nitrogens is 2. The van der Waals surface area contributed by atoms with Crippen LogP contribution in [0.5, 0.6) is 0 Å². The molecule has 0 aliphatic carbocycles. The highest BCUT2D eigenvalue weighted by atomic mass is 32.3. The maximum atomic E-state index is 11.1. The summed E-state index contributed by atoms with van der Waals surface area (Å²) in [6.45, 7) is 1.39. The fourth-order valence-electron chi connectivity index (χ4n) is 1.68. The van der Waals surface area contributed by atoms with Crippen molar-refractivity contribution in [1.29, 1.82) is 0 Å². The van der Waals surface area contributed by atoms with Crippen molar-refractivity contribution in [2.24, 2.45) is 0 Å². The number of nitrogens with one attached hydrogen (secondary N) is 1. The van der Waals surface area contributed by atoms with Crippen LogP contribution in [-0.2, 0) is 14.6 Å². The van der Waals surface area contributed by atoms with Crippen molar-refractivity contribution >= 4 is 27.4 Å². The Labute approximate surface area is 138 Å². The number of likely N-dealkylation sites (N-methyl/N-ethyl adjacent to an activating group) is 1. The Morgan fingerprint density at radius 2 is 2.08 bits per heavy atom. The van der Waals surface area contributed by atoms with Crippen LogP contribution in [0, 0.1) is 10.1 Å². The zero-order chi connectivity index (χ0) is 18.3. The van der Waals surface area contributed by atoms with Gasteiger partial charge in [-0.05, 0) is 26.2 Å². The molecule has 0 amide bonds. The van der Waals surface area contributed by atoms with Crippen molar-refractivity contribution < 1.29 is 22.1 Å². The summed E-state index contributed by atoms with van der Waals surface area (Å²) in [6, 6.07) is 5.23. The number of anilines is 1. The molecule has 0 atom stereocenters. The van der Waals surface area contributed by atoms with E-state index in [0.29, 0.717) is 17.9 Å². The Morgan fingerprint density at radius 3 is 2.58 bits per heavy atom. The molecule has 0 bridgehead atoms. The van der Waals surface area contributed by atoms with Gasteiger partial charge < -0.3 is 10.2 Å². The van der Waals surface area contributed by atoms with Crippen LogP contribution in [-0.4, -0.2) is 66.7 Å². The summed E-state index contributed by atoms with van der Waals surface area (Å²) in [5.74, 6) is 0.313. The van der Waals surface area contributed by atoms with E-state index in [-0.39, 0.29) is 5.69 Å². The lowest BCUT2D eigenvalue weighted by Gasteiger charge is -2.09. The van der Waals surface area contributed by atoms with Gasteiger partial charge in [-0.3, -0.25) is 18.9 Å². The first-order valence-electron chi connectivity index (χ1n) is 6.69. The normalized spacial score (nSPS) is 11.2. The molecule has 0 saturated heterocycles. The maximum Gasteiger partial charge on any atom is 0.397 e. The molecule has 0 unspecified atom stereocenters. The van der Waals surface area contributed by atoms with Crippen LogP contribution < -0.4 is 5.32 Å². The molecule has 0 aliphatic rings. The molecule has 12 heteroatoms. The molecule has 24 heavy (non-hydrogen) atoms. The summed E-state index contributed by atoms with van der Waals surface area (Å²) in [5.41, 5.74) is 0.518. The second-order valence-corrected chi connectivity index (χ2v) is 6.00. The number of rotatable bonds is 6. The first-order chi connectivity index (χ1) is 11.2. The Balaban J connectivity index is 0.000000413. The van der Waals surface area contributed by atoms with Crippen molar-refractivity contribution in [3.8, 4) is 0 Å². The van der Waals surface area contributed by atoms with Crippen molar-refractivity contribution in [3.05, 3.63) is 34.5 Å². The van der Waals surface area contributed by atoms with Gasteiger partial charge in [0, 0.05) is 19.3 Å². The van der Waals surface area contributed by atoms with E-state index in [9.17, 15) is 18.5 Å². The summed E-state index contributed by atoms with van der Waals surface area (Å²) in [5, 5.41) is 18.3. The van der Waals surface area contributed by atoms with E-state index in [1.54, 1.807) is 24.4 Å². The molecule has 2 N–H and O–H groups in total. The molecular formula is C12H19N5O6S. The average Bonchev–Trinajstić information content (AvgIpc) is 2.85. The fraction of sp³-hybridized carbons (Fsp3) is 0.417. The topological polar surface area (TPSA) is 139 Å². The summed E-state index contributed by atoms with van der Waals surface area (Å²) in [7, 11) is 0.597. The van der Waals surface area contributed by atoms with Gasteiger partial charge >= 0.3 is 16.1 Å². The molecule has 2 heterocycles. The minimum Gasteiger partial charge on any atom is -0.362 e. The Hall–Kier alpha value is -2.28. The minimum absolute atomic E-state index is 0.0226. The third-order valence-corrected chi connectivity index (χ3v) is 3.18. The fourth-order valence-corrected chi connectivity index (χ4v) is 1.68. The van der Waals surface area contributed by atoms with E-state index >= 15 is 0 Å². The van der Waals surface area contributed by atoms with E-state index in [4.69, 9.17) is 4.55 Å². The second-order valence-electron chi connectivity index (χ2n) is 4.81. The maximum absolute atomic E-state index is 11.1. The Morgan fingerprint density at radius 1 is 1.46 bits per heavy atom. The van der Waals surface area contributed by atoms with Crippen LogP contribution in [0.2, 0.25) is 0 Å². The molecule has 11 nitrogen and oxygen atoms in total. The molecular weight excluding hydrogens is 342 g/mol. The second kappa shape index (κ2) is 8.54. The van der Waals surface area contributed by atoms with Crippen LogP contribution in [0.3, 0.4) is 0 Å². The Bertz CT molecular complexity index is 788. The molecule has 0 spiro atoms.